The second kappa shape index (κ2) is 5.73. The van der Waals surface area contributed by atoms with Crippen molar-refractivity contribution in [2.75, 3.05) is 13.6 Å². The summed E-state index contributed by atoms with van der Waals surface area (Å²) in [5, 5.41) is 0. The van der Waals surface area contributed by atoms with E-state index in [-0.39, 0.29) is 22.3 Å². The predicted octanol–water partition coefficient (Wildman–Crippen LogP) is 1.37. The summed E-state index contributed by atoms with van der Waals surface area (Å²) in [5.74, 6) is -0.701. The minimum absolute atomic E-state index is 0.0431. The van der Waals surface area contributed by atoms with E-state index in [2.05, 4.69) is 0 Å². The molecule has 0 aromatic heterocycles. The van der Waals surface area contributed by atoms with Crippen molar-refractivity contribution in [2.24, 2.45) is 11.7 Å². The van der Waals surface area contributed by atoms with Crippen LogP contribution in [0.5, 0.6) is 0 Å². The summed E-state index contributed by atoms with van der Waals surface area (Å²) in [5.41, 5.74) is 5.45. The number of nitrogens with two attached hydrogens (primary N) is 1. The van der Waals surface area contributed by atoms with Gasteiger partial charge in [0.25, 0.3) is 0 Å². The van der Waals surface area contributed by atoms with Crippen LogP contribution in [0.4, 0.5) is 4.39 Å². The van der Waals surface area contributed by atoms with Gasteiger partial charge in [-0.15, -0.1) is 0 Å². The molecule has 0 bridgehead atoms. The maximum Gasteiger partial charge on any atom is 0.242 e. The van der Waals surface area contributed by atoms with Gasteiger partial charge in [0, 0.05) is 19.5 Å². The minimum Gasteiger partial charge on any atom is -0.393 e. The third-order valence-corrected chi connectivity index (χ3v) is 4.78. The molecule has 18 heavy (non-hydrogen) atoms. The Bertz CT molecular complexity index is 528. The van der Waals surface area contributed by atoms with Crippen molar-refractivity contribution >= 4 is 27.2 Å². The highest BCUT2D eigenvalue weighted by atomic mass is 32.2. The third kappa shape index (κ3) is 3.47. The molecule has 0 saturated heterocycles. The van der Waals surface area contributed by atoms with Crippen molar-refractivity contribution in [3.05, 3.63) is 30.1 Å². The number of nitrogens with zero attached hydrogens (tertiary/aromatic N) is 1. The minimum atomic E-state index is -3.63. The van der Waals surface area contributed by atoms with E-state index >= 15 is 0 Å². The fourth-order valence-corrected chi connectivity index (χ4v) is 2.69. The van der Waals surface area contributed by atoms with Gasteiger partial charge in [-0.05, 0) is 24.3 Å². The number of hydrogen-bond donors (Lipinski definition) is 1. The van der Waals surface area contributed by atoms with E-state index in [1.54, 1.807) is 6.92 Å². The summed E-state index contributed by atoms with van der Waals surface area (Å²) in [6, 6.07) is 4.68. The Morgan fingerprint density at radius 3 is 2.39 bits per heavy atom. The topological polar surface area (TPSA) is 63.4 Å². The molecule has 0 aliphatic carbocycles. The molecular formula is C11H15FN2O2S2. The van der Waals surface area contributed by atoms with Gasteiger partial charge in [-0.1, -0.05) is 19.1 Å². The molecule has 1 aromatic carbocycles. The smallest absolute Gasteiger partial charge is 0.242 e. The van der Waals surface area contributed by atoms with E-state index in [4.69, 9.17) is 18.0 Å². The van der Waals surface area contributed by atoms with Crippen molar-refractivity contribution in [2.45, 2.75) is 11.8 Å². The first kappa shape index (κ1) is 15.0. The van der Waals surface area contributed by atoms with Crippen LogP contribution in [0.1, 0.15) is 6.92 Å². The molecule has 0 spiro atoms. The molecule has 0 heterocycles. The molecule has 1 aromatic rings. The van der Waals surface area contributed by atoms with E-state index in [0.717, 1.165) is 16.4 Å². The zero-order valence-corrected chi connectivity index (χ0v) is 11.8. The number of sulfonamides is 1. The Hall–Kier alpha value is -1.05. The van der Waals surface area contributed by atoms with E-state index < -0.39 is 15.8 Å². The van der Waals surface area contributed by atoms with Gasteiger partial charge in [-0.3, -0.25) is 0 Å². The van der Waals surface area contributed by atoms with Crippen molar-refractivity contribution in [1.82, 2.24) is 4.31 Å². The maximum absolute atomic E-state index is 12.7. The zero-order chi connectivity index (χ0) is 13.9. The second-order valence-corrected chi connectivity index (χ2v) is 6.56. The van der Waals surface area contributed by atoms with Gasteiger partial charge < -0.3 is 5.73 Å². The van der Waals surface area contributed by atoms with Crippen LogP contribution in [0.3, 0.4) is 0 Å². The highest BCUT2D eigenvalue weighted by Gasteiger charge is 2.23. The monoisotopic (exact) mass is 290 g/mol. The largest absolute Gasteiger partial charge is 0.393 e. The van der Waals surface area contributed by atoms with Gasteiger partial charge in [-0.25, -0.2) is 17.1 Å². The number of thiocarbonyl (C=S) groups is 1. The number of rotatable bonds is 5. The lowest BCUT2D eigenvalue weighted by Crippen LogP contribution is -2.35. The molecule has 2 N–H and O–H groups in total. The highest BCUT2D eigenvalue weighted by Crippen LogP contribution is 2.16. The van der Waals surface area contributed by atoms with Gasteiger partial charge in [0.05, 0.1) is 9.88 Å². The normalized spacial score (nSPS) is 13.6. The fraction of sp³-hybridized carbons (Fsp3) is 0.364. The Morgan fingerprint density at radius 2 is 1.94 bits per heavy atom. The first-order chi connectivity index (χ1) is 8.25. The van der Waals surface area contributed by atoms with Gasteiger partial charge >= 0.3 is 0 Å². The third-order valence-electron chi connectivity index (χ3n) is 2.54. The molecule has 1 atom stereocenters. The van der Waals surface area contributed by atoms with Crippen molar-refractivity contribution in [3.63, 3.8) is 0 Å². The van der Waals surface area contributed by atoms with Crippen molar-refractivity contribution < 1.29 is 12.8 Å². The molecular weight excluding hydrogens is 275 g/mol. The standard InChI is InChI=1S/C11H15FN2O2S2/c1-8(11(13)17)7-14(2)18(15,16)10-5-3-9(12)4-6-10/h3-6,8H,7H2,1-2H3,(H2,13,17). The number of halogens is 1. The van der Waals surface area contributed by atoms with E-state index in [0.29, 0.717) is 0 Å². The molecule has 1 rings (SSSR count). The van der Waals surface area contributed by atoms with Gasteiger partial charge in [0.2, 0.25) is 10.0 Å². The zero-order valence-electron chi connectivity index (χ0n) is 10.1. The lowest BCUT2D eigenvalue weighted by atomic mass is 10.2. The van der Waals surface area contributed by atoms with E-state index in [1.807, 2.05) is 0 Å². The summed E-state index contributed by atoms with van der Waals surface area (Å²) < 4.78 is 38.1. The van der Waals surface area contributed by atoms with Gasteiger partial charge in [0.1, 0.15) is 5.82 Å². The Balaban J connectivity index is 2.93. The molecule has 0 amide bonds. The summed E-state index contributed by atoms with van der Waals surface area (Å²) in [6.45, 7) is 1.94. The summed E-state index contributed by atoms with van der Waals surface area (Å²) >= 11 is 4.80. The van der Waals surface area contributed by atoms with Crippen LogP contribution in [-0.2, 0) is 10.0 Å². The molecule has 100 valence electrons. The first-order valence-electron chi connectivity index (χ1n) is 5.26. The van der Waals surface area contributed by atoms with Crippen LogP contribution in [0.25, 0.3) is 0 Å². The molecule has 7 heteroatoms. The molecule has 4 nitrogen and oxygen atoms in total. The van der Waals surface area contributed by atoms with Gasteiger partial charge in [0.15, 0.2) is 0 Å². The Kier molecular flexibility index (Phi) is 4.78. The van der Waals surface area contributed by atoms with Crippen molar-refractivity contribution in [3.8, 4) is 0 Å². The Labute approximate surface area is 112 Å². The molecule has 0 radical (unpaired) electrons. The maximum atomic E-state index is 12.7. The number of hydrogen-bond acceptors (Lipinski definition) is 3. The lowest BCUT2D eigenvalue weighted by Gasteiger charge is -2.20. The molecule has 1 unspecified atom stereocenters. The highest BCUT2D eigenvalue weighted by molar-refractivity contribution is 7.89. The Morgan fingerprint density at radius 1 is 1.44 bits per heavy atom. The average Bonchev–Trinajstić information content (AvgIpc) is 2.29. The van der Waals surface area contributed by atoms with Crippen LogP contribution in [-0.4, -0.2) is 31.3 Å². The summed E-state index contributed by atoms with van der Waals surface area (Å²) in [6.07, 6.45) is 0. The SMILES string of the molecule is CC(CN(C)S(=O)(=O)c1ccc(F)cc1)C(N)=S. The second-order valence-electron chi connectivity index (χ2n) is 4.04. The molecule has 0 aliphatic heterocycles. The van der Waals surface area contributed by atoms with Crippen LogP contribution < -0.4 is 5.73 Å². The van der Waals surface area contributed by atoms with Crippen LogP contribution in [0.2, 0.25) is 0 Å². The van der Waals surface area contributed by atoms with E-state index in [1.165, 1.54) is 19.2 Å². The average molecular weight is 290 g/mol. The van der Waals surface area contributed by atoms with Gasteiger partial charge in [-0.2, -0.15) is 0 Å². The number of benzene rings is 1. The van der Waals surface area contributed by atoms with Crippen LogP contribution in [0.15, 0.2) is 29.2 Å². The quantitative estimate of drug-likeness (QED) is 0.832. The predicted molar refractivity (Wildman–Crippen MR) is 72.2 cm³/mol. The summed E-state index contributed by atoms with van der Waals surface area (Å²) in [7, 11) is -2.19. The molecule has 0 aliphatic rings. The molecule has 0 fully saturated rings. The first-order valence-corrected chi connectivity index (χ1v) is 7.11. The van der Waals surface area contributed by atoms with E-state index in [9.17, 15) is 12.8 Å². The molecule has 0 saturated carbocycles. The van der Waals surface area contributed by atoms with Crippen LogP contribution >= 0.6 is 12.2 Å². The fourth-order valence-electron chi connectivity index (χ4n) is 1.36. The summed E-state index contributed by atoms with van der Waals surface area (Å²) in [4.78, 5) is 0.303. The van der Waals surface area contributed by atoms with Crippen molar-refractivity contribution in [1.29, 1.82) is 0 Å². The van der Waals surface area contributed by atoms with Crippen LogP contribution in [0, 0.1) is 11.7 Å². The lowest BCUT2D eigenvalue weighted by molar-refractivity contribution is 0.445.